The summed E-state index contributed by atoms with van der Waals surface area (Å²) in [5.74, 6) is 1.27. The van der Waals surface area contributed by atoms with E-state index in [4.69, 9.17) is 4.99 Å². The zero-order valence-electron chi connectivity index (χ0n) is 13.2. The maximum Gasteiger partial charge on any atom is 0.168 e. The van der Waals surface area contributed by atoms with E-state index in [0.29, 0.717) is 11.8 Å². The fraction of sp³-hybridized carbons (Fsp3) is 0.733. The molecule has 1 saturated heterocycles. The standard InChI is InChI=1S/C15H23IN5P/c1-11-13-14(21(18-11)22-16)19(2)12(10-17-13)20-8-6-15(7-9-20)4-3-5-15/h10,14,22H,3-9H2,1-2H3. The fourth-order valence-corrected chi connectivity index (χ4v) is 5.87. The summed E-state index contributed by atoms with van der Waals surface area (Å²) in [5, 5.41) is 4.66. The molecular formula is C15H23IN5P. The smallest absolute Gasteiger partial charge is 0.168 e. The van der Waals surface area contributed by atoms with Gasteiger partial charge >= 0.3 is 0 Å². The van der Waals surface area contributed by atoms with Crippen LogP contribution in [0.25, 0.3) is 0 Å². The molecule has 5 nitrogen and oxygen atoms in total. The first-order valence-electron chi connectivity index (χ1n) is 8.10. The highest BCUT2D eigenvalue weighted by atomic mass is 127. The van der Waals surface area contributed by atoms with Crippen molar-refractivity contribution in [3.05, 3.63) is 12.0 Å². The molecule has 3 heterocycles. The van der Waals surface area contributed by atoms with Crippen molar-refractivity contribution in [1.82, 2.24) is 14.6 Å². The van der Waals surface area contributed by atoms with E-state index in [0.717, 1.165) is 11.4 Å². The summed E-state index contributed by atoms with van der Waals surface area (Å²) in [5.41, 5.74) is 2.87. The molecule has 0 radical (unpaired) electrons. The number of hydrogen-bond donors (Lipinski definition) is 0. The van der Waals surface area contributed by atoms with Crippen molar-refractivity contribution in [3.8, 4) is 0 Å². The van der Waals surface area contributed by atoms with Gasteiger partial charge in [0.25, 0.3) is 0 Å². The van der Waals surface area contributed by atoms with Crippen molar-refractivity contribution in [3.63, 3.8) is 0 Å². The molecule has 0 amide bonds. The van der Waals surface area contributed by atoms with Crippen LogP contribution in [-0.2, 0) is 0 Å². The van der Waals surface area contributed by atoms with Crippen LogP contribution < -0.4 is 0 Å². The Bertz CT molecular complexity index is 558. The van der Waals surface area contributed by atoms with Crippen LogP contribution in [0.2, 0.25) is 0 Å². The van der Waals surface area contributed by atoms with E-state index >= 15 is 0 Å². The predicted molar refractivity (Wildman–Crippen MR) is 101 cm³/mol. The molecular weight excluding hydrogens is 408 g/mol. The first-order chi connectivity index (χ1) is 10.6. The van der Waals surface area contributed by atoms with Gasteiger partial charge in [0.2, 0.25) is 0 Å². The number of fused-ring (bicyclic) bond motifs is 1. The Labute approximate surface area is 147 Å². The van der Waals surface area contributed by atoms with Crippen LogP contribution in [0.3, 0.4) is 0 Å². The molecule has 120 valence electrons. The highest BCUT2D eigenvalue weighted by Crippen LogP contribution is 2.49. The fourth-order valence-electron chi connectivity index (χ4n) is 4.18. The molecule has 7 heteroatoms. The maximum absolute atomic E-state index is 4.75. The van der Waals surface area contributed by atoms with Crippen LogP contribution in [0.1, 0.15) is 39.0 Å². The predicted octanol–water partition coefficient (Wildman–Crippen LogP) is 3.40. The molecule has 1 spiro atoms. The van der Waals surface area contributed by atoms with E-state index in [1.807, 2.05) is 0 Å². The molecule has 2 atom stereocenters. The van der Waals surface area contributed by atoms with Crippen molar-refractivity contribution in [2.75, 3.05) is 20.1 Å². The summed E-state index contributed by atoms with van der Waals surface area (Å²) in [6.07, 6.45) is 9.95. The summed E-state index contributed by atoms with van der Waals surface area (Å²) in [6, 6.07) is 0. The molecule has 0 aromatic rings. The summed E-state index contributed by atoms with van der Waals surface area (Å²) >= 11 is 2.41. The minimum absolute atomic E-state index is 0.190. The number of nitrogens with zero attached hydrogens (tertiary/aromatic N) is 5. The zero-order valence-corrected chi connectivity index (χ0v) is 16.4. The number of aliphatic imine (C=N–C) groups is 1. The second-order valence-electron chi connectivity index (χ2n) is 6.94. The van der Waals surface area contributed by atoms with Crippen molar-refractivity contribution in [2.45, 2.75) is 45.2 Å². The monoisotopic (exact) mass is 431 g/mol. The third-order valence-corrected chi connectivity index (χ3v) is 7.80. The Morgan fingerprint density at radius 2 is 2.00 bits per heavy atom. The van der Waals surface area contributed by atoms with Gasteiger partial charge in [-0.25, -0.2) is 4.78 Å². The topological polar surface area (TPSA) is 34.4 Å². The Morgan fingerprint density at radius 3 is 2.59 bits per heavy atom. The van der Waals surface area contributed by atoms with Crippen LogP contribution in [0.15, 0.2) is 22.1 Å². The molecule has 22 heavy (non-hydrogen) atoms. The highest BCUT2D eigenvalue weighted by molar-refractivity contribution is 14.2. The third-order valence-electron chi connectivity index (χ3n) is 5.80. The molecule has 0 N–H and O–H groups in total. The normalized spacial score (nSPS) is 30.4. The molecule has 0 bridgehead atoms. The maximum atomic E-state index is 4.75. The Morgan fingerprint density at radius 1 is 1.27 bits per heavy atom. The second kappa shape index (κ2) is 5.62. The molecule has 4 aliphatic rings. The lowest BCUT2D eigenvalue weighted by molar-refractivity contribution is 0.0303. The van der Waals surface area contributed by atoms with Crippen molar-refractivity contribution in [1.29, 1.82) is 0 Å². The Kier molecular flexibility index (Phi) is 3.88. The van der Waals surface area contributed by atoms with Crippen LogP contribution in [0.5, 0.6) is 0 Å². The molecule has 1 aliphatic carbocycles. The number of halogens is 1. The molecule has 0 aromatic carbocycles. The number of piperidine rings is 1. The van der Waals surface area contributed by atoms with Crippen molar-refractivity contribution in [2.24, 2.45) is 15.5 Å². The SMILES string of the molecule is CC1=NN(PI)C2C1=NC=C(N1CCC3(CCC3)CC1)N2C. The average Bonchev–Trinajstić information content (AvgIpc) is 2.84. The first-order valence-corrected chi connectivity index (χ1v) is 12.2. The first kappa shape index (κ1) is 15.2. The lowest BCUT2D eigenvalue weighted by atomic mass is 9.63. The van der Waals surface area contributed by atoms with Gasteiger partial charge in [-0.3, -0.25) is 4.99 Å². The largest absolute Gasteiger partial charge is 0.357 e. The van der Waals surface area contributed by atoms with Gasteiger partial charge in [-0.2, -0.15) is 5.10 Å². The van der Waals surface area contributed by atoms with Gasteiger partial charge in [0, 0.05) is 20.1 Å². The van der Waals surface area contributed by atoms with Crippen LogP contribution in [0.4, 0.5) is 0 Å². The van der Waals surface area contributed by atoms with E-state index in [1.165, 1.54) is 51.0 Å². The van der Waals surface area contributed by atoms with E-state index in [1.54, 1.807) is 0 Å². The van der Waals surface area contributed by atoms with Crippen LogP contribution in [-0.4, -0.2) is 52.3 Å². The van der Waals surface area contributed by atoms with Crippen molar-refractivity contribution >= 4 is 39.8 Å². The van der Waals surface area contributed by atoms with E-state index in [9.17, 15) is 0 Å². The molecule has 2 unspecified atom stereocenters. The van der Waals surface area contributed by atoms with Gasteiger partial charge in [0.1, 0.15) is 11.5 Å². The quantitative estimate of drug-likeness (QED) is 0.497. The summed E-state index contributed by atoms with van der Waals surface area (Å²) in [6.45, 7) is 4.43. The number of hydrazone groups is 1. The van der Waals surface area contributed by atoms with E-state index in [2.05, 4.69) is 61.9 Å². The summed E-state index contributed by atoms with van der Waals surface area (Å²) in [4.78, 5) is 9.65. The minimum Gasteiger partial charge on any atom is -0.357 e. The average molecular weight is 431 g/mol. The van der Waals surface area contributed by atoms with E-state index in [-0.39, 0.29) is 6.17 Å². The lowest BCUT2D eigenvalue weighted by Gasteiger charge is -2.50. The summed E-state index contributed by atoms with van der Waals surface area (Å²) in [7, 11) is 2.19. The highest BCUT2D eigenvalue weighted by Gasteiger charge is 2.42. The summed E-state index contributed by atoms with van der Waals surface area (Å²) < 4.78 is 2.17. The van der Waals surface area contributed by atoms with Gasteiger partial charge in [0.15, 0.2) is 6.17 Å². The number of hydrogen-bond acceptors (Lipinski definition) is 5. The van der Waals surface area contributed by atoms with Crippen LogP contribution in [0, 0.1) is 5.41 Å². The molecule has 4 rings (SSSR count). The molecule has 1 saturated carbocycles. The molecule has 0 aromatic heterocycles. The Hall–Kier alpha value is -0.360. The number of rotatable bonds is 2. The van der Waals surface area contributed by atoms with Gasteiger partial charge in [-0.1, -0.05) is 6.42 Å². The van der Waals surface area contributed by atoms with E-state index < -0.39 is 0 Å². The Balaban J connectivity index is 1.52. The number of likely N-dealkylation sites (tertiary alicyclic amines) is 1. The third kappa shape index (κ3) is 2.29. The van der Waals surface area contributed by atoms with Gasteiger partial charge in [-0.05, 0) is 60.1 Å². The molecule has 3 aliphatic heterocycles. The van der Waals surface area contributed by atoms with Gasteiger partial charge < -0.3 is 9.80 Å². The van der Waals surface area contributed by atoms with Crippen LogP contribution >= 0.6 is 28.4 Å². The van der Waals surface area contributed by atoms with Crippen molar-refractivity contribution < 1.29 is 0 Å². The van der Waals surface area contributed by atoms with Gasteiger partial charge in [-0.15, -0.1) is 0 Å². The van der Waals surface area contributed by atoms with Gasteiger partial charge in [0.05, 0.1) is 18.3 Å². The molecule has 2 fully saturated rings. The zero-order chi connectivity index (χ0) is 15.3. The lowest BCUT2D eigenvalue weighted by Crippen LogP contribution is -2.51. The second-order valence-corrected chi connectivity index (χ2v) is 9.02. The minimum atomic E-state index is 0.190.